The van der Waals surface area contributed by atoms with E-state index in [9.17, 15) is 8.78 Å². The maximum atomic E-state index is 13.7. The molecule has 3 rings (SSSR count). The molecule has 0 aliphatic heterocycles. The van der Waals surface area contributed by atoms with Crippen LogP contribution in [0.5, 0.6) is 11.6 Å². The Morgan fingerprint density at radius 1 is 1.04 bits per heavy atom. The number of thioether (sulfide) groups is 1. The van der Waals surface area contributed by atoms with Crippen LogP contribution in [-0.4, -0.2) is 9.97 Å². The van der Waals surface area contributed by atoms with E-state index in [0.717, 1.165) is 11.8 Å². The van der Waals surface area contributed by atoms with Crippen LogP contribution in [0.25, 0.3) is 0 Å². The Labute approximate surface area is 153 Å². The molecule has 2 aromatic carbocycles. The van der Waals surface area contributed by atoms with Crippen molar-refractivity contribution in [1.82, 2.24) is 9.97 Å². The molecule has 0 unspecified atom stereocenters. The standard InChI is InChI=1S/C18H13ClF2N2OS/c1-11-9-17(24-13-7-5-12(19)6-8-13)23-18(22-11)25-10-14-15(20)3-2-4-16(14)21/h2-9H,10H2,1H3. The zero-order chi connectivity index (χ0) is 17.8. The van der Waals surface area contributed by atoms with E-state index in [1.165, 1.54) is 18.2 Å². The lowest BCUT2D eigenvalue weighted by Gasteiger charge is -2.08. The van der Waals surface area contributed by atoms with Crippen LogP contribution < -0.4 is 4.74 Å². The van der Waals surface area contributed by atoms with E-state index in [1.54, 1.807) is 37.3 Å². The molecular formula is C18H13ClF2N2OS. The maximum absolute atomic E-state index is 13.7. The lowest BCUT2D eigenvalue weighted by molar-refractivity contribution is 0.454. The first kappa shape index (κ1) is 17.6. The van der Waals surface area contributed by atoms with Gasteiger partial charge in [-0.25, -0.2) is 13.8 Å². The smallest absolute Gasteiger partial charge is 0.223 e. The van der Waals surface area contributed by atoms with Crippen molar-refractivity contribution in [3.63, 3.8) is 0 Å². The Bertz CT molecular complexity index is 870. The summed E-state index contributed by atoms with van der Waals surface area (Å²) in [6, 6.07) is 12.3. The maximum Gasteiger partial charge on any atom is 0.223 e. The molecule has 1 heterocycles. The van der Waals surface area contributed by atoms with Gasteiger partial charge in [-0.05, 0) is 43.3 Å². The number of aromatic nitrogens is 2. The first-order chi connectivity index (χ1) is 12.0. The van der Waals surface area contributed by atoms with Gasteiger partial charge < -0.3 is 4.74 Å². The number of hydrogen-bond acceptors (Lipinski definition) is 4. The summed E-state index contributed by atoms with van der Waals surface area (Å²) >= 11 is 6.98. The Kier molecular flexibility index (Phi) is 5.50. The molecule has 128 valence electrons. The Balaban J connectivity index is 1.76. The number of nitrogens with zero attached hydrogens (tertiary/aromatic N) is 2. The summed E-state index contributed by atoms with van der Waals surface area (Å²) in [7, 11) is 0. The zero-order valence-corrected chi connectivity index (χ0v) is 14.7. The van der Waals surface area contributed by atoms with Gasteiger partial charge in [0.15, 0.2) is 5.16 Å². The third-order valence-corrected chi connectivity index (χ3v) is 4.38. The molecule has 0 aliphatic rings. The average molecular weight is 379 g/mol. The van der Waals surface area contributed by atoms with Crippen LogP contribution in [0.2, 0.25) is 5.02 Å². The van der Waals surface area contributed by atoms with Gasteiger partial charge in [0.2, 0.25) is 5.88 Å². The number of halogens is 3. The highest BCUT2D eigenvalue weighted by atomic mass is 35.5. The fourth-order valence-electron chi connectivity index (χ4n) is 2.06. The average Bonchev–Trinajstić information content (AvgIpc) is 2.56. The minimum absolute atomic E-state index is 0.00206. The minimum atomic E-state index is -0.585. The van der Waals surface area contributed by atoms with E-state index in [4.69, 9.17) is 16.3 Å². The molecule has 0 atom stereocenters. The summed E-state index contributed by atoms with van der Waals surface area (Å²) in [5.74, 6) is -0.150. The molecule has 0 bridgehead atoms. The van der Waals surface area contributed by atoms with Crippen molar-refractivity contribution in [2.45, 2.75) is 17.8 Å². The molecule has 0 aliphatic carbocycles. The van der Waals surface area contributed by atoms with Gasteiger partial charge in [-0.15, -0.1) is 0 Å². The largest absolute Gasteiger partial charge is 0.439 e. The SMILES string of the molecule is Cc1cc(Oc2ccc(Cl)cc2)nc(SCc2c(F)cccc2F)n1. The Hall–Kier alpha value is -2.18. The molecule has 0 amide bonds. The molecule has 1 aromatic heterocycles. The Morgan fingerprint density at radius 2 is 1.72 bits per heavy atom. The van der Waals surface area contributed by atoms with Crippen LogP contribution >= 0.6 is 23.4 Å². The number of benzene rings is 2. The van der Waals surface area contributed by atoms with Crippen molar-refractivity contribution in [3.05, 3.63) is 76.4 Å². The lowest BCUT2D eigenvalue weighted by atomic mass is 10.2. The van der Waals surface area contributed by atoms with Gasteiger partial charge in [-0.3, -0.25) is 0 Å². The van der Waals surface area contributed by atoms with Crippen LogP contribution in [0, 0.1) is 18.6 Å². The van der Waals surface area contributed by atoms with Crippen LogP contribution in [0.15, 0.2) is 53.7 Å². The zero-order valence-electron chi connectivity index (χ0n) is 13.2. The highest BCUT2D eigenvalue weighted by molar-refractivity contribution is 7.98. The van der Waals surface area contributed by atoms with Crippen molar-refractivity contribution < 1.29 is 13.5 Å². The van der Waals surface area contributed by atoms with Gasteiger partial charge in [0.1, 0.15) is 17.4 Å². The second-order valence-electron chi connectivity index (χ2n) is 5.18. The molecule has 0 saturated heterocycles. The molecule has 0 saturated carbocycles. The number of aryl methyl sites for hydroxylation is 1. The third-order valence-electron chi connectivity index (χ3n) is 3.25. The van der Waals surface area contributed by atoms with Gasteiger partial charge in [0.05, 0.1) is 0 Å². The van der Waals surface area contributed by atoms with E-state index in [0.29, 0.717) is 27.5 Å². The van der Waals surface area contributed by atoms with E-state index in [-0.39, 0.29) is 11.3 Å². The van der Waals surface area contributed by atoms with Gasteiger partial charge in [-0.1, -0.05) is 29.4 Å². The first-order valence-electron chi connectivity index (χ1n) is 7.36. The minimum Gasteiger partial charge on any atom is -0.439 e. The molecule has 0 fully saturated rings. The molecule has 7 heteroatoms. The highest BCUT2D eigenvalue weighted by Gasteiger charge is 2.11. The molecule has 3 aromatic rings. The predicted octanol–water partition coefficient (Wildman–Crippen LogP) is 5.80. The summed E-state index contributed by atoms with van der Waals surface area (Å²) in [5, 5.41) is 0.987. The second kappa shape index (κ2) is 7.80. The molecule has 3 nitrogen and oxygen atoms in total. The van der Waals surface area contributed by atoms with Gasteiger partial charge in [0, 0.05) is 28.1 Å². The number of hydrogen-bond donors (Lipinski definition) is 0. The van der Waals surface area contributed by atoms with Crippen molar-refractivity contribution in [2.75, 3.05) is 0 Å². The normalized spacial score (nSPS) is 10.7. The fraction of sp³-hybridized carbons (Fsp3) is 0.111. The number of ether oxygens (including phenoxy) is 1. The second-order valence-corrected chi connectivity index (χ2v) is 6.55. The first-order valence-corrected chi connectivity index (χ1v) is 8.72. The number of rotatable bonds is 5. The van der Waals surface area contributed by atoms with Crippen LogP contribution in [0.4, 0.5) is 8.78 Å². The summed E-state index contributed by atoms with van der Waals surface area (Å²) in [5.41, 5.74) is 0.688. The molecule has 0 radical (unpaired) electrons. The van der Waals surface area contributed by atoms with Crippen LogP contribution in [0.1, 0.15) is 11.3 Å². The quantitative estimate of drug-likeness (QED) is 0.415. The summed E-state index contributed by atoms with van der Waals surface area (Å²) < 4.78 is 33.1. The van der Waals surface area contributed by atoms with E-state index < -0.39 is 11.6 Å². The van der Waals surface area contributed by atoms with Crippen molar-refractivity contribution in [1.29, 1.82) is 0 Å². The van der Waals surface area contributed by atoms with E-state index >= 15 is 0 Å². The van der Waals surface area contributed by atoms with Crippen LogP contribution in [-0.2, 0) is 5.75 Å². The van der Waals surface area contributed by atoms with E-state index in [1.807, 2.05) is 0 Å². The van der Waals surface area contributed by atoms with Crippen molar-refractivity contribution in [3.8, 4) is 11.6 Å². The van der Waals surface area contributed by atoms with Gasteiger partial charge >= 0.3 is 0 Å². The molecule has 0 N–H and O–H groups in total. The predicted molar refractivity (Wildman–Crippen MR) is 94.2 cm³/mol. The summed E-state index contributed by atoms with van der Waals surface area (Å²) in [4.78, 5) is 8.55. The molecular weight excluding hydrogens is 366 g/mol. The van der Waals surface area contributed by atoms with Crippen molar-refractivity contribution >= 4 is 23.4 Å². The summed E-state index contributed by atoms with van der Waals surface area (Å²) in [6.45, 7) is 1.80. The molecule has 0 spiro atoms. The highest BCUT2D eigenvalue weighted by Crippen LogP contribution is 2.27. The van der Waals surface area contributed by atoms with Crippen LogP contribution in [0.3, 0.4) is 0 Å². The van der Waals surface area contributed by atoms with Crippen molar-refractivity contribution in [2.24, 2.45) is 0 Å². The Morgan fingerprint density at radius 3 is 2.40 bits per heavy atom. The summed E-state index contributed by atoms with van der Waals surface area (Å²) in [6.07, 6.45) is 0. The fourth-order valence-corrected chi connectivity index (χ4v) is 3.10. The molecule has 25 heavy (non-hydrogen) atoms. The monoisotopic (exact) mass is 378 g/mol. The van der Waals surface area contributed by atoms with E-state index in [2.05, 4.69) is 9.97 Å². The lowest BCUT2D eigenvalue weighted by Crippen LogP contribution is -1.97. The van der Waals surface area contributed by atoms with Gasteiger partial charge in [0.25, 0.3) is 0 Å². The topological polar surface area (TPSA) is 35.0 Å². The third kappa shape index (κ3) is 4.67. The van der Waals surface area contributed by atoms with Gasteiger partial charge in [-0.2, -0.15) is 4.98 Å².